The van der Waals surface area contributed by atoms with Crippen LogP contribution in [0.15, 0.2) is 42.5 Å². The zero-order valence-corrected chi connectivity index (χ0v) is 10.3. The molecule has 3 atom stereocenters. The molecule has 1 fully saturated rings. The molecule has 94 valence electrons. The number of carbonyl (C=O) groups is 1. The van der Waals surface area contributed by atoms with Crippen molar-refractivity contribution in [2.45, 2.75) is 25.4 Å². The summed E-state index contributed by atoms with van der Waals surface area (Å²) in [4.78, 5) is 11.8. The van der Waals surface area contributed by atoms with Gasteiger partial charge in [0.2, 0.25) is 0 Å². The van der Waals surface area contributed by atoms with E-state index >= 15 is 0 Å². The highest BCUT2D eigenvalue weighted by Gasteiger charge is 2.36. The highest BCUT2D eigenvalue weighted by atomic mass is 16.2. The van der Waals surface area contributed by atoms with E-state index in [-0.39, 0.29) is 6.03 Å². The molecule has 1 aromatic carbocycles. The Morgan fingerprint density at radius 3 is 2.67 bits per heavy atom. The molecule has 1 saturated carbocycles. The Balaban J connectivity index is 1.47. The third kappa shape index (κ3) is 2.40. The van der Waals surface area contributed by atoms with Gasteiger partial charge in [-0.3, -0.25) is 0 Å². The minimum Gasteiger partial charge on any atom is -0.335 e. The topological polar surface area (TPSA) is 41.1 Å². The average Bonchev–Trinajstić information content (AvgIpc) is 3.00. The Bertz CT molecular complexity index is 455. The number of hydrogen-bond acceptors (Lipinski definition) is 1. The molecule has 0 radical (unpaired) electrons. The summed E-state index contributed by atoms with van der Waals surface area (Å²) >= 11 is 0. The predicted molar refractivity (Wildman–Crippen MR) is 71.0 cm³/mol. The molecule has 2 aliphatic rings. The van der Waals surface area contributed by atoms with E-state index in [0.717, 1.165) is 12.0 Å². The molecule has 0 spiro atoms. The number of hydrogen-bond donors (Lipinski definition) is 2. The van der Waals surface area contributed by atoms with Gasteiger partial charge in [-0.15, -0.1) is 0 Å². The lowest BCUT2D eigenvalue weighted by molar-refractivity contribution is 0.234. The van der Waals surface area contributed by atoms with Crippen LogP contribution >= 0.6 is 0 Å². The van der Waals surface area contributed by atoms with Gasteiger partial charge in [0.15, 0.2) is 0 Å². The number of urea groups is 1. The van der Waals surface area contributed by atoms with Gasteiger partial charge in [-0.2, -0.15) is 0 Å². The lowest BCUT2D eigenvalue weighted by atomic mass is 10.0. The normalized spacial score (nSPS) is 28.3. The number of fused-ring (bicyclic) bond motifs is 2. The zero-order chi connectivity index (χ0) is 12.4. The summed E-state index contributed by atoms with van der Waals surface area (Å²) in [7, 11) is 0. The molecular formula is C15H18N2O. The smallest absolute Gasteiger partial charge is 0.315 e. The van der Waals surface area contributed by atoms with Crippen molar-refractivity contribution in [3.8, 4) is 0 Å². The first-order valence-electron chi connectivity index (χ1n) is 6.58. The third-order valence-corrected chi connectivity index (χ3v) is 3.89. The summed E-state index contributed by atoms with van der Waals surface area (Å²) in [6, 6.07) is 10.2. The van der Waals surface area contributed by atoms with Crippen LogP contribution in [-0.2, 0) is 6.54 Å². The van der Waals surface area contributed by atoms with Crippen LogP contribution in [0.4, 0.5) is 4.79 Å². The Kier molecular flexibility index (Phi) is 3.05. The van der Waals surface area contributed by atoms with Gasteiger partial charge in [-0.05, 0) is 30.2 Å². The van der Waals surface area contributed by atoms with E-state index in [0.29, 0.717) is 24.4 Å². The molecule has 3 rings (SSSR count). The number of rotatable bonds is 3. The maximum atomic E-state index is 11.8. The van der Waals surface area contributed by atoms with Crippen LogP contribution in [0.3, 0.4) is 0 Å². The Morgan fingerprint density at radius 1 is 1.17 bits per heavy atom. The number of allylic oxidation sites excluding steroid dienone is 1. The first-order chi connectivity index (χ1) is 8.81. The minimum absolute atomic E-state index is 0.0511. The molecule has 2 aliphatic carbocycles. The van der Waals surface area contributed by atoms with Crippen molar-refractivity contribution in [2.75, 3.05) is 0 Å². The van der Waals surface area contributed by atoms with Crippen molar-refractivity contribution in [1.29, 1.82) is 0 Å². The second kappa shape index (κ2) is 4.84. The van der Waals surface area contributed by atoms with Crippen LogP contribution in [0.25, 0.3) is 0 Å². The van der Waals surface area contributed by atoms with Gasteiger partial charge in [0.25, 0.3) is 0 Å². The van der Waals surface area contributed by atoms with Crippen LogP contribution in [0.2, 0.25) is 0 Å². The van der Waals surface area contributed by atoms with E-state index in [9.17, 15) is 4.79 Å². The van der Waals surface area contributed by atoms with E-state index in [1.165, 1.54) is 6.42 Å². The zero-order valence-electron chi connectivity index (χ0n) is 10.3. The lowest BCUT2D eigenvalue weighted by Gasteiger charge is -2.20. The summed E-state index contributed by atoms with van der Waals surface area (Å²) in [5.74, 6) is 1.24. The molecule has 0 saturated heterocycles. The van der Waals surface area contributed by atoms with Gasteiger partial charge in [0.1, 0.15) is 0 Å². The van der Waals surface area contributed by atoms with Crippen LogP contribution in [0.1, 0.15) is 18.4 Å². The summed E-state index contributed by atoms with van der Waals surface area (Å²) < 4.78 is 0. The molecule has 0 aliphatic heterocycles. The second-order valence-corrected chi connectivity index (χ2v) is 5.20. The van der Waals surface area contributed by atoms with E-state index in [1.54, 1.807) is 0 Å². The molecule has 3 nitrogen and oxygen atoms in total. The number of benzene rings is 1. The second-order valence-electron chi connectivity index (χ2n) is 5.20. The fourth-order valence-electron chi connectivity index (χ4n) is 2.94. The highest BCUT2D eigenvalue weighted by molar-refractivity contribution is 5.74. The van der Waals surface area contributed by atoms with Crippen LogP contribution in [0.5, 0.6) is 0 Å². The maximum absolute atomic E-state index is 11.8. The van der Waals surface area contributed by atoms with E-state index in [2.05, 4.69) is 22.8 Å². The number of amides is 2. The SMILES string of the molecule is O=C(NCc1ccccc1)NC1CC2C=CC1C2. The number of carbonyl (C=O) groups excluding carboxylic acids is 1. The summed E-state index contributed by atoms with van der Waals surface area (Å²) in [5, 5.41) is 5.99. The lowest BCUT2D eigenvalue weighted by Crippen LogP contribution is -2.43. The Morgan fingerprint density at radius 2 is 2.00 bits per heavy atom. The maximum Gasteiger partial charge on any atom is 0.315 e. The van der Waals surface area contributed by atoms with Gasteiger partial charge in [0, 0.05) is 12.6 Å². The van der Waals surface area contributed by atoms with E-state index in [4.69, 9.17) is 0 Å². The van der Waals surface area contributed by atoms with Crippen LogP contribution < -0.4 is 10.6 Å². The Hall–Kier alpha value is -1.77. The largest absolute Gasteiger partial charge is 0.335 e. The third-order valence-electron chi connectivity index (χ3n) is 3.89. The molecule has 3 heteroatoms. The van der Waals surface area contributed by atoms with Crippen molar-refractivity contribution in [3.05, 3.63) is 48.0 Å². The fourth-order valence-corrected chi connectivity index (χ4v) is 2.94. The van der Waals surface area contributed by atoms with Gasteiger partial charge >= 0.3 is 6.03 Å². The first-order valence-corrected chi connectivity index (χ1v) is 6.58. The number of nitrogens with one attached hydrogen (secondary N) is 2. The monoisotopic (exact) mass is 242 g/mol. The van der Waals surface area contributed by atoms with Crippen molar-refractivity contribution in [1.82, 2.24) is 10.6 Å². The molecule has 0 aromatic heterocycles. The van der Waals surface area contributed by atoms with E-state index < -0.39 is 0 Å². The molecule has 2 bridgehead atoms. The molecule has 18 heavy (non-hydrogen) atoms. The molecule has 0 heterocycles. The van der Waals surface area contributed by atoms with E-state index in [1.807, 2.05) is 30.3 Å². The van der Waals surface area contributed by atoms with Crippen molar-refractivity contribution >= 4 is 6.03 Å². The molecule has 3 unspecified atom stereocenters. The highest BCUT2D eigenvalue weighted by Crippen LogP contribution is 2.38. The summed E-state index contributed by atoms with van der Waals surface area (Å²) in [6.07, 6.45) is 6.84. The molecule has 2 amide bonds. The predicted octanol–water partition coefficient (Wildman–Crippen LogP) is 2.45. The summed E-state index contributed by atoms with van der Waals surface area (Å²) in [5.41, 5.74) is 1.13. The Labute approximate surface area is 107 Å². The standard InChI is InChI=1S/C15H18N2O/c18-15(16-10-11-4-2-1-3-5-11)17-14-9-12-6-7-13(14)8-12/h1-7,12-14H,8-10H2,(H2,16,17,18). The van der Waals surface area contributed by atoms with Gasteiger partial charge in [-0.1, -0.05) is 42.5 Å². The van der Waals surface area contributed by atoms with Gasteiger partial charge in [0.05, 0.1) is 0 Å². The molecular weight excluding hydrogens is 224 g/mol. The quantitative estimate of drug-likeness (QED) is 0.785. The van der Waals surface area contributed by atoms with Crippen LogP contribution in [-0.4, -0.2) is 12.1 Å². The molecule has 2 N–H and O–H groups in total. The van der Waals surface area contributed by atoms with Crippen LogP contribution in [0, 0.1) is 11.8 Å². The first kappa shape index (κ1) is 11.3. The van der Waals surface area contributed by atoms with Crippen molar-refractivity contribution in [2.24, 2.45) is 11.8 Å². The van der Waals surface area contributed by atoms with Crippen molar-refractivity contribution < 1.29 is 4.79 Å². The van der Waals surface area contributed by atoms with Gasteiger partial charge in [-0.25, -0.2) is 4.79 Å². The minimum atomic E-state index is -0.0511. The van der Waals surface area contributed by atoms with Crippen molar-refractivity contribution in [3.63, 3.8) is 0 Å². The average molecular weight is 242 g/mol. The van der Waals surface area contributed by atoms with Gasteiger partial charge < -0.3 is 10.6 Å². The fraction of sp³-hybridized carbons (Fsp3) is 0.400. The molecule has 1 aromatic rings. The summed E-state index contributed by atoms with van der Waals surface area (Å²) in [6.45, 7) is 0.587.